The maximum absolute atomic E-state index is 5.42. The molecule has 16 heavy (non-hydrogen) atoms. The Bertz CT molecular complexity index is 215. The number of hydrogen-bond donors (Lipinski definition) is 1. The van der Waals surface area contributed by atoms with Crippen LogP contribution in [0.15, 0.2) is 11.6 Å². The van der Waals surface area contributed by atoms with Gasteiger partial charge in [0, 0.05) is 19.1 Å². The lowest BCUT2D eigenvalue weighted by Gasteiger charge is -2.15. The quantitative estimate of drug-likeness (QED) is 0.702. The lowest BCUT2D eigenvalue weighted by molar-refractivity contribution is 0.191. The van der Waals surface area contributed by atoms with Gasteiger partial charge in [0.2, 0.25) is 0 Å². The Balaban J connectivity index is 2.40. The van der Waals surface area contributed by atoms with Crippen LogP contribution in [-0.2, 0) is 4.74 Å². The lowest BCUT2D eigenvalue weighted by Crippen LogP contribution is -2.24. The smallest absolute Gasteiger partial charge is 0.0529 e. The summed E-state index contributed by atoms with van der Waals surface area (Å²) in [6.07, 6.45) is 3.63. The van der Waals surface area contributed by atoms with Gasteiger partial charge in [-0.3, -0.25) is 0 Å². The molecular formula is C14H27NO. The predicted molar refractivity (Wildman–Crippen MR) is 69.6 cm³/mol. The average molecular weight is 225 g/mol. The van der Waals surface area contributed by atoms with E-state index in [1.165, 1.54) is 12.0 Å². The van der Waals surface area contributed by atoms with E-state index in [0.717, 1.165) is 32.2 Å². The zero-order valence-electron chi connectivity index (χ0n) is 11.3. The summed E-state index contributed by atoms with van der Waals surface area (Å²) in [6.45, 7) is 13.0. The van der Waals surface area contributed by atoms with Crippen LogP contribution in [0.3, 0.4) is 0 Å². The third-order valence-corrected chi connectivity index (χ3v) is 3.04. The molecule has 1 atom stereocenters. The van der Waals surface area contributed by atoms with Gasteiger partial charge in [-0.2, -0.15) is 0 Å². The normalized spacial score (nSPS) is 22.4. The second kappa shape index (κ2) is 7.08. The molecule has 1 unspecified atom stereocenters. The fraction of sp³-hybridized carbons (Fsp3) is 0.857. The van der Waals surface area contributed by atoms with E-state index in [-0.39, 0.29) is 0 Å². The van der Waals surface area contributed by atoms with Crippen LogP contribution >= 0.6 is 0 Å². The Morgan fingerprint density at radius 1 is 1.38 bits per heavy atom. The topological polar surface area (TPSA) is 21.3 Å². The van der Waals surface area contributed by atoms with E-state index in [9.17, 15) is 0 Å². The Morgan fingerprint density at radius 2 is 2.12 bits per heavy atom. The zero-order valence-corrected chi connectivity index (χ0v) is 11.3. The van der Waals surface area contributed by atoms with Crippen molar-refractivity contribution >= 4 is 0 Å². The number of nitrogens with one attached hydrogen (secondary N) is 1. The monoisotopic (exact) mass is 225 g/mol. The van der Waals surface area contributed by atoms with Gasteiger partial charge in [0.15, 0.2) is 0 Å². The van der Waals surface area contributed by atoms with Crippen molar-refractivity contribution in [1.29, 1.82) is 0 Å². The highest BCUT2D eigenvalue weighted by Gasteiger charge is 2.15. The average Bonchev–Trinajstić information content (AvgIpc) is 2.68. The van der Waals surface area contributed by atoms with Crippen LogP contribution in [0.2, 0.25) is 0 Å². The summed E-state index contributed by atoms with van der Waals surface area (Å²) in [6, 6.07) is 0. The molecule has 2 heteroatoms. The van der Waals surface area contributed by atoms with Crippen LogP contribution < -0.4 is 5.32 Å². The molecule has 0 spiro atoms. The lowest BCUT2D eigenvalue weighted by atomic mass is 9.97. The predicted octanol–water partition coefficient (Wildman–Crippen LogP) is 2.85. The van der Waals surface area contributed by atoms with Crippen molar-refractivity contribution in [3.63, 3.8) is 0 Å². The maximum atomic E-state index is 5.42. The summed E-state index contributed by atoms with van der Waals surface area (Å²) in [7, 11) is 0. The van der Waals surface area contributed by atoms with Crippen LogP contribution in [0.5, 0.6) is 0 Å². The first-order valence-electron chi connectivity index (χ1n) is 6.58. The zero-order chi connectivity index (χ0) is 12.0. The van der Waals surface area contributed by atoms with Crippen molar-refractivity contribution in [3.8, 4) is 0 Å². The first kappa shape index (κ1) is 13.7. The summed E-state index contributed by atoms with van der Waals surface area (Å²) in [5.41, 5.74) is 1.54. The number of ether oxygens (including phenoxy) is 1. The van der Waals surface area contributed by atoms with E-state index in [2.05, 4.69) is 39.1 Å². The molecule has 0 radical (unpaired) electrons. The SMILES string of the molecule is CC(C)CNC/C(=C\C1CCOC1)C(C)C. The summed E-state index contributed by atoms with van der Waals surface area (Å²) in [4.78, 5) is 0. The second-order valence-corrected chi connectivity index (χ2v) is 5.54. The van der Waals surface area contributed by atoms with Gasteiger partial charge in [0.1, 0.15) is 0 Å². The Labute approximate surface area is 100 Å². The van der Waals surface area contributed by atoms with Crippen molar-refractivity contribution in [2.75, 3.05) is 26.3 Å². The molecule has 0 amide bonds. The molecule has 1 heterocycles. The van der Waals surface area contributed by atoms with Crippen LogP contribution in [0.4, 0.5) is 0 Å². The van der Waals surface area contributed by atoms with Crippen LogP contribution in [0.25, 0.3) is 0 Å². The molecule has 0 aromatic rings. The molecule has 94 valence electrons. The van der Waals surface area contributed by atoms with Gasteiger partial charge >= 0.3 is 0 Å². The fourth-order valence-electron chi connectivity index (χ4n) is 1.95. The molecule has 1 N–H and O–H groups in total. The van der Waals surface area contributed by atoms with Crippen molar-refractivity contribution in [3.05, 3.63) is 11.6 Å². The van der Waals surface area contributed by atoms with E-state index >= 15 is 0 Å². The molecule has 2 nitrogen and oxygen atoms in total. The van der Waals surface area contributed by atoms with Crippen LogP contribution in [0, 0.1) is 17.8 Å². The number of hydrogen-bond acceptors (Lipinski definition) is 2. The summed E-state index contributed by atoms with van der Waals surface area (Å²) in [5, 5.41) is 3.53. The van der Waals surface area contributed by atoms with E-state index in [1.54, 1.807) is 0 Å². The summed E-state index contributed by atoms with van der Waals surface area (Å²) >= 11 is 0. The van der Waals surface area contributed by atoms with Crippen LogP contribution in [-0.4, -0.2) is 26.3 Å². The molecule has 1 saturated heterocycles. The van der Waals surface area contributed by atoms with Gasteiger partial charge in [0.25, 0.3) is 0 Å². The van der Waals surface area contributed by atoms with E-state index in [1.807, 2.05) is 0 Å². The highest BCUT2D eigenvalue weighted by Crippen LogP contribution is 2.19. The van der Waals surface area contributed by atoms with Crippen molar-refractivity contribution in [1.82, 2.24) is 5.32 Å². The first-order chi connectivity index (χ1) is 7.59. The molecule has 1 aliphatic heterocycles. The third-order valence-electron chi connectivity index (χ3n) is 3.04. The van der Waals surface area contributed by atoms with Crippen LogP contribution in [0.1, 0.15) is 34.1 Å². The second-order valence-electron chi connectivity index (χ2n) is 5.54. The highest BCUT2D eigenvalue weighted by atomic mass is 16.5. The maximum Gasteiger partial charge on any atom is 0.0529 e. The Hall–Kier alpha value is -0.340. The molecule has 0 bridgehead atoms. The fourth-order valence-corrected chi connectivity index (χ4v) is 1.95. The van der Waals surface area contributed by atoms with Gasteiger partial charge in [0.05, 0.1) is 6.61 Å². The molecule has 1 fully saturated rings. The summed E-state index contributed by atoms with van der Waals surface area (Å²) in [5.74, 6) is 2.02. The van der Waals surface area contributed by atoms with Gasteiger partial charge in [-0.25, -0.2) is 0 Å². The minimum atomic E-state index is 0.639. The molecule has 0 aromatic carbocycles. The highest BCUT2D eigenvalue weighted by molar-refractivity contribution is 5.09. The van der Waals surface area contributed by atoms with Gasteiger partial charge < -0.3 is 10.1 Å². The minimum absolute atomic E-state index is 0.639. The van der Waals surface area contributed by atoms with Gasteiger partial charge in [-0.05, 0) is 24.8 Å². The van der Waals surface area contributed by atoms with Crippen molar-refractivity contribution in [2.45, 2.75) is 34.1 Å². The summed E-state index contributed by atoms with van der Waals surface area (Å²) < 4.78 is 5.42. The van der Waals surface area contributed by atoms with E-state index in [0.29, 0.717) is 11.8 Å². The largest absolute Gasteiger partial charge is 0.381 e. The molecule has 1 rings (SSSR count). The molecular weight excluding hydrogens is 198 g/mol. The number of rotatable bonds is 6. The van der Waals surface area contributed by atoms with Crippen molar-refractivity contribution < 1.29 is 4.74 Å². The molecule has 1 aliphatic rings. The third kappa shape index (κ3) is 5.13. The van der Waals surface area contributed by atoms with E-state index in [4.69, 9.17) is 4.74 Å². The molecule has 0 aliphatic carbocycles. The standard InChI is InChI=1S/C14H27NO/c1-11(2)8-15-9-14(12(3)4)7-13-5-6-16-10-13/h7,11-13,15H,5-6,8-10H2,1-4H3/b14-7+. The Kier molecular flexibility index (Phi) is 6.07. The van der Waals surface area contributed by atoms with Crippen molar-refractivity contribution in [2.24, 2.45) is 17.8 Å². The van der Waals surface area contributed by atoms with Gasteiger partial charge in [-0.15, -0.1) is 0 Å². The Morgan fingerprint density at radius 3 is 2.62 bits per heavy atom. The molecule has 0 saturated carbocycles. The first-order valence-corrected chi connectivity index (χ1v) is 6.58. The van der Waals surface area contributed by atoms with Gasteiger partial charge in [-0.1, -0.05) is 39.3 Å². The van der Waals surface area contributed by atoms with E-state index < -0.39 is 0 Å². The molecule has 0 aromatic heterocycles. The minimum Gasteiger partial charge on any atom is -0.381 e.